The fraction of sp³-hybridized carbons (Fsp3) is 0.389. The molecule has 1 saturated carbocycles. The van der Waals surface area contributed by atoms with Crippen molar-refractivity contribution >= 4 is 40.4 Å². The number of carbonyl (C=O) groups is 1. The zero-order valence-electron chi connectivity index (χ0n) is 14.6. The Morgan fingerprint density at radius 3 is 2.78 bits per heavy atom. The highest BCUT2D eigenvalue weighted by molar-refractivity contribution is 8.00. The van der Waals surface area contributed by atoms with Crippen LogP contribution in [0.2, 0.25) is 5.02 Å². The predicted octanol–water partition coefficient (Wildman–Crippen LogP) is 3.07. The van der Waals surface area contributed by atoms with Crippen LogP contribution in [0, 0.1) is 0 Å². The van der Waals surface area contributed by atoms with Crippen molar-refractivity contribution in [3.05, 3.63) is 41.2 Å². The van der Waals surface area contributed by atoms with E-state index in [4.69, 9.17) is 11.6 Å². The number of thioether (sulfide) groups is 1. The fourth-order valence-corrected chi connectivity index (χ4v) is 4.09. The lowest BCUT2D eigenvalue weighted by Crippen LogP contribution is -2.33. The molecule has 0 spiro atoms. The van der Waals surface area contributed by atoms with Crippen LogP contribution in [0.15, 0.2) is 35.6 Å². The quantitative estimate of drug-likeness (QED) is 0.503. The first-order valence-corrected chi connectivity index (χ1v) is 10.3. The summed E-state index contributed by atoms with van der Waals surface area (Å²) in [4.78, 5) is 20.7. The zero-order valence-corrected chi connectivity index (χ0v) is 16.2. The van der Waals surface area contributed by atoms with E-state index >= 15 is 0 Å². The third kappa shape index (κ3) is 4.39. The number of rotatable bonds is 6. The van der Waals surface area contributed by atoms with Crippen molar-refractivity contribution in [3.8, 4) is 0 Å². The van der Waals surface area contributed by atoms with E-state index in [1.165, 1.54) is 30.9 Å². The summed E-state index contributed by atoms with van der Waals surface area (Å²) in [6, 6.07) is 7.90. The van der Waals surface area contributed by atoms with Gasteiger partial charge in [0.2, 0.25) is 5.91 Å². The molecule has 1 fully saturated rings. The van der Waals surface area contributed by atoms with E-state index in [-0.39, 0.29) is 5.91 Å². The molecule has 0 unspecified atom stereocenters. The molecule has 140 valence electrons. The minimum atomic E-state index is 0.0345. The first-order chi connectivity index (χ1) is 13.2. The van der Waals surface area contributed by atoms with Crippen LogP contribution < -0.4 is 5.32 Å². The summed E-state index contributed by atoms with van der Waals surface area (Å²) >= 11 is 7.30. The first-order valence-electron chi connectivity index (χ1n) is 8.90. The molecule has 27 heavy (non-hydrogen) atoms. The lowest BCUT2D eigenvalue weighted by molar-refractivity contribution is -0.119. The van der Waals surface area contributed by atoms with Crippen LogP contribution in [-0.2, 0) is 11.3 Å². The SMILES string of the molecule is O=C(CSc1ncnc2c1nnn2Cc1ccc(Cl)cc1)NC1CCCC1. The van der Waals surface area contributed by atoms with Crippen molar-refractivity contribution in [2.75, 3.05) is 5.75 Å². The van der Waals surface area contributed by atoms with Crippen LogP contribution in [0.3, 0.4) is 0 Å². The van der Waals surface area contributed by atoms with Gasteiger partial charge < -0.3 is 5.32 Å². The molecule has 1 aromatic carbocycles. The molecule has 4 rings (SSSR count). The minimum Gasteiger partial charge on any atom is -0.353 e. The number of fused-ring (bicyclic) bond motifs is 1. The Kier molecular flexibility index (Phi) is 5.54. The molecule has 1 N–H and O–H groups in total. The Morgan fingerprint density at radius 1 is 1.22 bits per heavy atom. The Hall–Kier alpha value is -2.19. The molecule has 0 bridgehead atoms. The van der Waals surface area contributed by atoms with E-state index in [0.717, 1.165) is 18.4 Å². The molecular weight excluding hydrogens is 384 g/mol. The number of carbonyl (C=O) groups excluding carboxylic acids is 1. The number of halogens is 1. The Labute approximate surface area is 165 Å². The third-order valence-electron chi connectivity index (χ3n) is 4.57. The summed E-state index contributed by atoms with van der Waals surface area (Å²) in [6.07, 6.45) is 6.03. The van der Waals surface area contributed by atoms with E-state index in [9.17, 15) is 4.79 Å². The molecule has 0 radical (unpaired) electrons. The minimum absolute atomic E-state index is 0.0345. The van der Waals surface area contributed by atoms with Gasteiger partial charge in [0.05, 0.1) is 12.3 Å². The molecule has 2 heterocycles. The van der Waals surface area contributed by atoms with E-state index in [2.05, 4.69) is 25.6 Å². The second-order valence-electron chi connectivity index (χ2n) is 6.56. The van der Waals surface area contributed by atoms with Gasteiger partial charge in [-0.2, -0.15) is 0 Å². The molecule has 1 aliphatic rings. The van der Waals surface area contributed by atoms with Gasteiger partial charge in [0.15, 0.2) is 11.2 Å². The first kappa shape index (κ1) is 18.2. The monoisotopic (exact) mass is 402 g/mol. The van der Waals surface area contributed by atoms with Gasteiger partial charge >= 0.3 is 0 Å². The summed E-state index contributed by atoms with van der Waals surface area (Å²) in [7, 11) is 0. The van der Waals surface area contributed by atoms with E-state index in [0.29, 0.717) is 39.6 Å². The summed E-state index contributed by atoms with van der Waals surface area (Å²) in [5, 5.41) is 12.9. The van der Waals surface area contributed by atoms with E-state index in [1.54, 1.807) is 4.68 Å². The fourth-order valence-electron chi connectivity index (χ4n) is 3.22. The number of hydrogen-bond donors (Lipinski definition) is 1. The second-order valence-corrected chi connectivity index (χ2v) is 7.96. The van der Waals surface area contributed by atoms with Crippen molar-refractivity contribution in [1.29, 1.82) is 0 Å². The number of aromatic nitrogens is 5. The Morgan fingerprint density at radius 2 is 2.00 bits per heavy atom. The van der Waals surface area contributed by atoms with Crippen LogP contribution in [0.25, 0.3) is 11.2 Å². The second kappa shape index (κ2) is 8.22. The van der Waals surface area contributed by atoms with Crippen molar-refractivity contribution in [2.24, 2.45) is 0 Å². The lowest BCUT2D eigenvalue weighted by atomic mass is 10.2. The molecule has 0 aliphatic heterocycles. The molecule has 9 heteroatoms. The Bertz CT molecular complexity index is 939. The van der Waals surface area contributed by atoms with Gasteiger partial charge in [0, 0.05) is 11.1 Å². The summed E-state index contributed by atoms with van der Waals surface area (Å²) in [6.45, 7) is 0.539. The molecule has 0 atom stereocenters. The highest BCUT2D eigenvalue weighted by Crippen LogP contribution is 2.23. The van der Waals surface area contributed by atoms with Crippen LogP contribution in [0.5, 0.6) is 0 Å². The van der Waals surface area contributed by atoms with Crippen molar-refractivity contribution in [1.82, 2.24) is 30.3 Å². The van der Waals surface area contributed by atoms with Gasteiger partial charge in [-0.05, 0) is 30.5 Å². The van der Waals surface area contributed by atoms with E-state index < -0.39 is 0 Å². The van der Waals surface area contributed by atoms with Crippen LogP contribution in [-0.4, -0.2) is 42.7 Å². The van der Waals surface area contributed by atoms with E-state index in [1.807, 2.05) is 24.3 Å². The highest BCUT2D eigenvalue weighted by Gasteiger charge is 2.18. The van der Waals surface area contributed by atoms with Crippen molar-refractivity contribution < 1.29 is 4.79 Å². The summed E-state index contributed by atoms with van der Waals surface area (Å²) in [5.74, 6) is 0.347. The number of nitrogens with zero attached hydrogens (tertiary/aromatic N) is 5. The molecular formula is C18H19ClN6OS. The van der Waals surface area contributed by atoms with Gasteiger partial charge in [-0.25, -0.2) is 14.6 Å². The van der Waals surface area contributed by atoms with Crippen molar-refractivity contribution in [2.45, 2.75) is 43.3 Å². The maximum Gasteiger partial charge on any atom is 0.230 e. The normalized spacial score (nSPS) is 14.7. The topological polar surface area (TPSA) is 85.6 Å². The number of amides is 1. The lowest BCUT2D eigenvalue weighted by Gasteiger charge is -2.11. The van der Waals surface area contributed by atoms with Gasteiger partial charge in [-0.1, -0.05) is 53.6 Å². The molecule has 2 aromatic heterocycles. The Balaban J connectivity index is 1.45. The highest BCUT2D eigenvalue weighted by atomic mass is 35.5. The largest absolute Gasteiger partial charge is 0.353 e. The van der Waals surface area contributed by atoms with Gasteiger partial charge in [-0.15, -0.1) is 5.10 Å². The number of benzene rings is 1. The van der Waals surface area contributed by atoms with Crippen LogP contribution >= 0.6 is 23.4 Å². The third-order valence-corrected chi connectivity index (χ3v) is 5.80. The van der Waals surface area contributed by atoms with Gasteiger partial charge in [0.1, 0.15) is 11.4 Å². The van der Waals surface area contributed by atoms with Gasteiger partial charge in [-0.3, -0.25) is 4.79 Å². The summed E-state index contributed by atoms with van der Waals surface area (Å²) in [5.41, 5.74) is 2.32. The molecule has 1 aliphatic carbocycles. The summed E-state index contributed by atoms with van der Waals surface area (Å²) < 4.78 is 1.73. The molecule has 0 saturated heterocycles. The number of nitrogens with one attached hydrogen (secondary N) is 1. The molecule has 3 aromatic rings. The zero-order chi connectivity index (χ0) is 18.6. The molecule has 1 amide bonds. The van der Waals surface area contributed by atoms with Crippen molar-refractivity contribution in [3.63, 3.8) is 0 Å². The maximum atomic E-state index is 12.2. The van der Waals surface area contributed by atoms with Crippen LogP contribution in [0.1, 0.15) is 31.2 Å². The maximum absolute atomic E-state index is 12.2. The van der Waals surface area contributed by atoms with Crippen LogP contribution in [0.4, 0.5) is 0 Å². The smallest absolute Gasteiger partial charge is 0.230 e. The number of hydrogen-bond acceptors (Lipinski definition) is 6. The molecule has 7 nitrogen and oxygen atoms in total. The predicted molar refractivity (Wildman–Crippen MR) is 105 cm³/mol. The standard InChI is InChI=1S/C18H19ClN6OS/c19-13-7-5-12(6-8-13)9-25-17-16(23-24-25)18(21-11-20-17)27-10-15(26)22-14-3-1-2-4-14/h5-8,11,14H,1-4,9-10H2,(H,22,26). The van der Waals surface area contributed by atoms with Gasteiger partial charge in [0.25, 0.3) is 0 Å². The average molecular weight is 403 g/mol. The average Bonchev–Trinajstić information content (AvgIpc) is 3.32.